The third-order valence-electron chi connectivity index (χ3n) is 2.43. The minimum absolute atomic E-state index is 0.658. The van der Waals surface area contributed by atoms with Crippen LogP contribution in [0.3, 0.4) is 0 Å². The van der Waals surface area contributed by atoms with E-state index in [-0.39, 0.29) is 0 Å². The van der Waals surface area contributed by atoms with Gasteiger partial charge in [0.25, 0.3) is 0 Å². The Morgan fingerprint density at radius 1 is 1.24 bits per heavy atom. The van der Waals surface area contributed by atoms with Crippen molar-refractivity contribution < 1.29 is 0 Å². The van der Waals surface area contributed by atoms with E-state index in [1.54, 1.807) is 23.7 Å². The minimum atomic E-state index is 0.658. The normalized spacial score (nSPS) is 10.9. The van der Waals surface area contributed by atoms with E-state index in [1.807, 2.05) is 18.2 Å². The molecular formula is C12H8BrN3S. The van der Waals surface area contributed by atoms with Crippen LogP contribution in [-0.4, -0.2) is 9.97 Å². The Balaban J connectivity index is 2.22. The molecule has 17 heavy (non-hydrogen) atoms. The van der Waals surface area contributed by atoms with Crippen molar-refractivity contribution in [3.8, 4) is 10.6 Å². The summed E-state index contributed by atoms with van der Waals surface area (Å²) in [5, 5.41) is 0.929. The first-order valence-corrected chi connectivity index (χ1v) is 6.61. The van der Waals surface area contributed by atoms with Gasteiger partial charge >= 0.3 is 0 Å². The Hall–Kier alpha value is -1.46. The lowest BCUT2D eigenvalue weighted by Crippen LogP contribution is -1.89. The monoisotopic (exact) mass is 305 g/mol. The fourth-order valence-corrected chi connectivity index (χ4v) is 3.18. The molecule has 0 aliphatic rings. The molecule has 0 spiro atoms. The fraction of sp³-hybridized carbons (Fsp3) is 0. The van der Waals surface area contributed by atoms with Crippen LogP contribution in [0.2, 0.25) is 0 Å². The van der Waals surface area contributed by atoms with Gasteiger partial charge in [-0.25, -0.2) is 4.98 Å². The van der Waals surface area contributed by atoms with Crippen LogP contribution in [0.1, 0.15) is 0 Å². The number of nitrogens with zero attached hydrogens (tertiary/aromatic N) is 2. The molecule has 2 N–H and O–H groups in total. The average Bonchev–Trinajstić information content (AvgIpc) is 2.72. The predicted octanol–water partition coefficient (Wildman–Crippen LogP) is 3.70. The molecule has 3 aromatic rings. The molecule has 0 fully saturated rings. The van der Waals surface area contributed by atoms with Gasteiger partial charge in [-0.1, -0.05) is 15.9 Å². The number of benzene rings is 1. The summed E-state index contributed by atoms with van der Waals surface area (Å²) in [6.07, 6.45) is 3.38. The maximum Gasteiger partial charge on any atom is 0.126 e. The molecule has 0 amide bonds. The molecule has 0 atom stereocenters. The van der Waals surface area contributed by atoms with Gasteiger partial charge in [0.1, 0.15) is 5.01 Å². The van der Waals surface area contributed by atoms with E-state index in [1.165, 1.54) is 0 Å². The highest BCUT2D eigenvalue weighted by atomic mass is 79.9. The molecule has 2 heterocycles. The first kappa shape index (κ1) is 10.7. The van der Waals surface area contributed by atoms with Crippen LogP contribution in [-0.2, 0) is 0 Å². The number of hydrogen-bond donors (Lipinski definition) is 1. The average molecular weight is 306 g/mol. The fourth-order valence-electron chi connectivity index (χ4n) is 1.62. The van der Waals surface area contributed by atoms with Crippen molar-refractivity contribution in [2.75, 3.05) is 5.73 Å². The number of nitrogen functional groups attached to an aromatic ring is 1. The van der Waals surface area contributed by atoms with Crippen LogP contribution in [0.4, 0.5) is 5.69 Å². The smallest absolute Gasteiger partial charge is 0.126 e. The van der Waals surface area contributed by atoms with E-state index in [0.29, 0.717) is 5.69 Å². The van der Waals surface area contributed by atoms with Crippen molar-refractivity contribution in [3.63, 3.8) is 0 Å². The Morgan fingerprint density at radius 3 is 2.94 bits per heavy atom. The second-order valence-electron chi connectivity index (χ2n) is 3.59. The van der Waals surface area contributed by atoms with Crippen molar-refractivity contribution in [3.05, 3.63) is 41.1 Å². The Morgan fingerprint density at radius 2 is 2.12 bits per heavy atom. The Bertz CT molecular complexity index is 693. The van der Waals surface area contributed by atoms with Gasteiger partial charge in [0.15, 0.2) is 0 Å². The number of hydrogen-bond acceptors (Lipinski definition) is 4. The number of pyridine rings is 1. The van der Waals surface area contributed by atoms with E-state index in [0.717, 1.165) is 25.3 Å². The highest BCUT2D eigenvalue weighted by Crippen LogP contribution is 2.33. The molecule has 3 rings (SSSR count). The summed E-state index contributed by atoms with van der Waals surface area (Å²) in [5.41, 5.74) is 8.49. The third-order valence-corrected chi connectivity index (χ3v) is 3.98. The number of thiazole rings is 1. The van der Waals surface area contributed by atoms with Crippen molar-refractivity contribution in [1.82, 2.24) is 9.97 Å². The SMILES string of the molecule is Nc1cnccc1-c1nc2ccc(Br)cc2s1. The molecule has 0 aliphatic heterocycles. The molecule has 0 aliphatic carbocycles. The van der Waals surface area contributed by atoms with Crippen LogP contribution in [0, 0.1) is 0 Å². The maximum absolute atomic E-state index is 5.90. The van der Waals surface area contributed by atoms with E-state index in [2.05, 4.69) is 32.0 Å². The Labute approximate surface area is 110 Å². The summed E-state index contributed by atoms with van der Waals surface area (Å²) in [6, 6.07) is 7.94. The van der Waals surface area contributed by atoms with Crippen molar-refractivity contribution in [1.29, 1.82) is 0 Å². The standard InChI is InChI=1S/C12H8BrN3S/c13-7-1-2-10-11(5-7)17-12(16-10)8-3-4-15-6-9(8)14/h1-6H,14H2. The summed E-state index contributed by atoms with van der Waals surface area (Å²) in [7, 11) is 0. The zero-order valence-electron chi connectivity index (χ0n) is 8.72. The molecule has 5 heteroatoms. The third kappa shape index (κ3) is 1.92. The summed E-state index contributed by atoms with van der Waals surface area (Å²) in [4.78, 5) is 8.56. The number of aromatic nitrogens is 2. The van der Waals surface area contributed by atoms with Crippen LogP contribution < -0.4 is 5.73 Å². The quantitative estimate of drug-likeness (QED) is 0.746. The van der Waals surface area contributed by atoms with Crippen LogP contribution in [0.25, 0.3) is 20.8 Å². The number of rotatable bonds is 1. The van der Waals surface area contributed by atoms with Gasteiger partial charge in [-0.3, -0.25) is 4.98 Å². The van der Waals surface area contributed by atoms with Gasteiger partial charge < -0.3 is 5.73 Å². The summed E-state index contributed by atoms with van der Waals surface area (Å²) in [6.45, 7) is 0. The van der Waals surface area contributed by atoms with E-state index in [4.69, 9.17) is 5.73 Å². The molecule has 0 saturated heterocycles. The second kappa shape index (κ2) is 4.09. The molecule has 0 bridgehead atoms. The zero-order valence-corrected chi connectivity index (χ0v) is 11.1. The topological polar surface area (TPSA) is 51.8 Å². The number of anilines is 1. The van der Waals surface area contributed by atoms with Gasteiger partial charge in [0.05, 0.1) is 22.1 Å². The lowest BCUT2D eigenvalue weighted by Gasteiger charge is -1.98. The number of nitrogens with two attached hydrogens (primary N) is 1. The number of fused-ring (bicyclic) bond motifs is 1. The molecular weight excluding hydrogens is 298 g/mol. The lowest BCUT2D eigenvalue weighted by atomic mass is 10.2. The van der Waals surface area contributed by atoms with Crippen molar-refractivity contribution >= 4 is 43.2 Å². The lowest BCUT2D eigenvalue weighted by molar-refractivity contribution is 1.33. The van der Waals surface area contributed by atoms with Crippen molar-refractivity contribution in [2.45, 2.75) is 0 Å². The van der Waals surface area contributed by atoms with Gasteiger partial charge in [-0.05, 0) is 24.3 Å². The summed E-state index contributed by atoms with van der Waals surface area (Å²) >= 11 is 5.09. The summed E-state index contributed by atoms with van der Waals surface area (Å²) in [5.74, 6) is 0. The van der Waals surface area contributed by atoms with Gasteiger partial charge in [0, 0.05) is 16.2 Å². The van der Waals surface area contributed by atoms with Crippen LogP contribution in [0.5, 0.6) is 0 Å². The van der Waals surface area contributed by atoms with E-state index in [9.17, 15) is 0 Å². The highest BCUT2D eigenvalue weighted by Gasteiger charge is 2.08. The first-order valence-electron chi connectivity index (χ1n) is 5.00. The largest absolute Gasteiger partial charge is 0.397 e. The van der Waals surface area contributed by atoms with E-state index < -0.39 is 0 Å². The first-order chi connectivity index (χ1) is 8.24. The minimum Gasteiger partial charge on any atom is -0.397 e. The maximum atomic E-state index is 5.90. The van der Waals surface area contributed by atoms with Gasteiger partial charge in [-0.2, -0.15) is 0 Å². The number of halogens is 1. The van der Waals surface area contributed by atoms with E-state index >= 15 is 0 Å². The highest BCUT2D eigenvalue weighted by molar-refractivity contribution is 9.10. The molecule has 3 nitrogen and oxygen atoms in total. The molecule has 1 aromatic carbocycles. The Kier molecular flexibility index (Phi) is 2.57. The van der Waals surface area contributed by atoms with Crippen LogP contribution >= 0.6 is 27.3 Å². The molecule has 0 saturated carbocycles. The molecule has 84 valence electrons. The molecule has 0 radical (unpaired) electrons. The molecule has 2 aromatic heterocycles. The summed E-state index contributed by atoms with van der Waals surface area (Å²) < 4.78 is 2.20. The van der Waals surface area contributed by atoms with Crippen LogP contribution in [0.15, 0.2) is 41.1 Å². The van der Waals surface area contributed by atoms with Gasteiger partial charge in [0.2, 0.25) is 0 Å². The van der Waals surface area contributed by atoms with Gasteiger partial charge in [-0.15, -0.1) is 11.3 Å². The predicted molar refractivity (Wildman–Crippen MR) is 75.0 cm³/mol. The van der Waals surface area contributed by atoms with Crippen molar-refractivity contribution in [2.24, 2.45) is 0 Å². The molecule has 0 unspecified atom stereocenters. The second-order valence-corrected chi connectivity index (χ2v) is 5.54. The zero-order chi connectivity index (χ0) is 11.8.